The molecule has 0 aliphatic heterocycles. The van der Waals surface area contributed by atoms with E-state index in [1.54, 1.807) is 6.20 Å². The second kappa shape index (κ2) is 15.6. The van der Waals surface area contributed by atoms with Gasteiger partial charge in [-0.05, 0) is 54.7 Å². The van der Waals surface area contributed by atoms with E-state index in [2.05, 4.69) is 15.3 Å². The molecular weight excluding hydrogens is 573 g/mol. The van der Waals surface area contributed by atoms with E-state index in [1.807, 2.05) is 37.4 Å². The molecule has 0 fully saturated rings. The number of ketones is 1. The number of nitrogens with one attached hydrogen (secondary N) is 1. The van der Waals surface area contributed by atoms with Crippen molar-refractivity contribution in [2.24, 2.45) is 27.9 Å². The molecule has 44 heavy (non-hydrogen) atoms. The molecule has 0 saturated heterocycles. The van der Waals surface area contributed by atoms with Crippen molar-refractivity contribution in [3.63, 3.8) is 0 Å². The Morgan fingerprint density at radius 3 is 2.39 bits per heavy atom. The molecule has 10 nitrogen and oxygen atoms in total. The maximum atomic E-state index is 13.5. The molecule has 1 amide bonds. The van der Waals surface area contributed by atoms with Crippen molar-refractivity contribution >= 4 is 28.6 Å². The van der Waals surface area contributed by atoms with E-state index in [0.717, 1.165) is 23.0 Å². The SMILES string of the molecule is C[N+](CCN)(CCCC(N)C(=O)N[C@@H](Cc1ccc(C(F)(F)F)cc1)C(=O)Cc1cnc2ccccc2c1)CCN=C(N)N. The summed E-state index contributed by atoms with van der Waals surface area (Å²) >= 11 is 0. The van der Waals surface area contributed by atoms with Gasteiger partial charge in [-0.3, -0.25) is 14.6 Å². The zero-order chi connectivity index (χ0) is 32.3. The van der Waals surface area contributed by atoms with Crippen molar-refractivity contribution in [1.82, 2.24) is 10.3 Å². The number of rotatable bonds is 16. The first kappa shape index (κ1) is 34.4. The van der Waals surface area contributed by atoms with Crippen molar-refractivity contribution in [2.75, 3.05) is 39.8 Å². The highest BCUT2D eigenvalue weighted by atomic mass is 19.4. The Hall–Kier alpha value is -4.07. The number of halogens is 3. The number of aliphatic imine (C=N–C) groups is 1. The summed E-state index contributed by atoms with van der Waals surface area (Å²) in [5.74, 6) is -0.810. The molecule has 2 aromatic carbocycles. The number of para-hydroxylation sites is 1. The molecule has 2 unspecified atom stereocenters. The van der Waals surface area contributed by atoms with Gasteiger partial charge in [-0.25, -0.2) is 4.99 Å². The summed E-state index contributed by atoms with van der Waals surface area (Å²) in [6, 6.07) is 12.0. The number of hydrogen-bond acceptors (Lipinski definition) is 6. The summed E-state index contributed by atoms with van der Waals surface area (Å²) < 4.78 is 39.8. The topological polar surface area (TPSA) is 176 Å². The summed E-state index contributed by atoms with van der Waals surface area (Å²) in [5, 5.41) is 3.62. The lowest BCUT2D eigenvalue weighted by Gasteiger charge is -2.34. The minimum absolute atomic E-state index is 0.00664. The Morgan fingerprint density at radius 2 is 1.73 bits per heavy atom. The molecule has 0 bridgehead atoms. The first-order chi connectivity index (χ1) is 20.8. The van der Waals surface area contributed by atoms with Gasteiger partial charge in [0.2, 0.25) is 5.91 Å². The van der Waals surface area contributed by atoms with Crippen LogP contribution in [0.2, 0.25) is 0 Å². The van der Waals surface area contributed by atoms with Crippen LogP contribution in [0.4, 0.5) is 13.2 Å². The van der Waals surface area contributed by atoms with Crippen LogP contribution >= 0.6 is 0 Å². The van der Waals surface area contributed by atoms with E-state index >= 15 is 0 Å². The fourth-order valence-electron chi connectivity index (χ4n) is 5.02. The minimum Gasteiger partial charge on any atom is -0.370 e. The molecule has 3 rings (SSSR count). The summed E-state index contributed by atoms with van der Waals surface area (Å²) in [5.41, 5.74) is 24.0. The number of fused-ring (bicyclic) bond motifs is 1. The molecule has 0 radical (unpaired) electrons. The number of hydrogen-bond donors (Lipinski definition) is 5. The number of carbonyl (C=O) groups is 2. The number of guanidine groups is 1. The number of aromatic nitrogens is 1. The van der Waals surface area contributed by atoms with Crippen LogP contribution in [0.25, 0.3) is 10.9 Å². The smallest absolute Gasteiger partial charge is 0.370 e. The van der Waals surface area contributed by atoms with E-state index in [1.165, 1.54) is 12.1 Å². The Labute approximate surface area is 255 Å². The number of nitrogens with zero attached hydrogens (tertiary/aromatic N) is 3. The number of carbonyl (C=O) groups excluding carboxylic acids is 2. The molecule has 0 spiro atoms. The molecule has 0 aliphatic carbocycles. The van der Waals surface area contributed by atoms with Crippen molar-refractivity contribution < 1.29 is 27.2 Å². The van der Waals surface area contributed by atoms with Crippen molar-refractivity contribution in [2.45, 2.75) is 43.9 Å². The maximum absolute atomic E-state index is 13.5. The third-order valence-electron chi connectivity index (χ3n) is 7.60. The average Bonchev–Trinajstić information content (AvgIpc) is 2.96. The van der Waals surface area contributed by atoms with Crippen molar-refractivity contribution in [3.8, 4) is 0 Å². The van der Waals surface area contributed by atoms with Crippen molar-refractivity contribution in [1.29, 1.82) is 0 Å². The second-order valence-corrected chi connectivity index (χ2v) is 11.3. The van der Waals surface area contributed by atoms with Crippen molar-refractivity contribution in [3.05, 3.63) is 77.5 Å². The highest BCUT2D eigenvalue weighted by molar-refractivity contribution is 5.92. The van der Waals surface area contributed by atoms with Gasteiger partial charge >= 0.3 is 6.18 Å². The first-order valence-corrected chi connectivity index (χ1v) is 14.5. The second-order valence-electron chi connectivity index (χ2n) is 11.3. The van der Waals surface area contributed by atoms with Gasteiger partial charge in [0.15, 0.2) is 11.7 Å². The highest BCUT2D eigenvalue weighted by Crippen LogP contribution is 2.29. The van der Waals surface area contributed by atoms with Crippen LogP contribution in [0.5, 0.6) is 0 Å². The predicted octanol–water partition coefficient (Wildman–Crippen LogP) is 1.88. The van der Waals surface area contributed by atoms with E-state index in [9.17, 15) is 22.8 Å². The number of amides is 1. The highest BCUT2D eigenvalue weighted by Gasteiger charge is 2.31. The molecule has 3 aromatic rings. The van der Waals surface area contributed by atoms with Gasteiger partial charge in [-0.1, -0.05) is 30.3 Å². The molecule has 0 saturated carbocycles. The summed E-state index contributed by atoms with van der Waals surface area (Å²) in [6.07, 6.45) is -1.94. The molecule has 0 aliphatic rings. The molecule has 238 valence electrons. The number of pyridine rings is 1. The number of alkyl halides is 3. The normalized spacial score (nSPS) is 14.4. The molecule has 1 aromatic heterocycles. The number of benzene rings is 2. The van der Waals surface area contributed by atoms with Gasteiger partial charge in [-0.15, -0.1) is 0 Å². The van der Waals surface area contributed by atoms with Crippen LogP contribution in [-0.2, 0) is 28.6 Å². The van der Waals surface area contributed by atoms with Crippen LogP contribution in [0, 0.1) is 0 Å². The van der Waals surface area contributed by atoms with Crippen LogP contribution in [0.3, 0.4) is 0 Å². The monoisotopic (exact) mass is 615 g/mol. The molecule has 3 atom stereocenters. The third-order valence-corrected chi connectivity index (χ3v) is 7.60. The molecule has 1 heterocycles. The zero-order valence-electron chi connectivity index (χ0n) is 24.9. The zero-order valence-corrected chi connectivity index (χ0v) is 24.9. The molecule has 13 heteroatoms. The lowest BCUT2D eigenvalue weighted by Crippen LogP contribution is -2.51. The summed E-state index contributed by atoms with van der Waals surface area (Å²) in [4.78, 5) is 35.1. The predicted molar refractivity (Wildman–Crippen MR) is 165 cm³/mol. The van der Waals surface area contributed by atoms with Gasteiger partial charge in [0, 0.05) is 24.5 Å². The van der Waals surface area contributed by atoms with Gasteiger partial charge in [0.1, 0.15) is 0 Å². The number of nitrogens with two attached hydrogens (primary N) is 4. The van der Waals surface area contributed by atoms with E-state index in [0.29, 0.717) is 61.2 Å². The number of Topliss-reactive ketones (excluding diaryl/α,β-unsaturated/α-hetero) is 1. The Kier molecular flexibility index (Phi) is 12.2. The maximum Gasteiger partial charge on any atom is 0.416 e. The van der Waals surface area contributed by atoms with E-state index in [-0.39, 0.29) is 24.6 Å². The Morgan fingerprint density at radius 1 is 1.02 bits per heavy atom. The van der Waals surface area contributed by atoms with Crippen LogP contribution in [0.1, 0.15) is 29.5 Å². The van der Waals surface area contributed by atoms with Gasteiger partial charge in [0.25, 0.3) is 0 Å². The summed E-state index contributed by atoms with van der Waals surface area (Å²) in [7, 11) is 2.03. The average molecular weight is 616 g/mol. The number of quaternary nitrogens is 1. The lowest BCUT2D eigenvalue weighted by atomic mass is 9.96. The standard InChI is InChI=1S/C31H41F3N8O2/c1-42(15-12-35,16-13-39-30(37)38)14-4-6-25(36)29(44)41-27(18-21-8-10-24(11-9-21)31(32,33)34)28(43)19-22-17-23-5-2-3-7-26(23)40-20-22/h2-3,5,7-11,17,20,25,27H,4,6,12-16,18-19,35-36H2,1H3,(H4-,37,38,39,41,44)/p+1/t25?,27-,42?/m0/s1. The van der Waals surface area contributed by atoms with E-state index < -0.39 is 29.7 Å². The Balaban J connectivity index is 1.70. The fourth-order valence-corrected chi connectivity index (χ4v) is 5.02. The minimum atomic E-state index is -4.48. The lowest BCUT2D eigenvalue weighted by molar-refractivity contribution is -0.907. The quantitative estimate of drug-likeness (QED) is 0.0929. The molecule has 9 N–H and O–H groups in total. The largest absolute Gasteiger partial charge is 0.416 e. The fraction of sp³-hybridized carbons (Fsp3) is 0.419. The van der Waals surface area contributed by atoms with Crippen LogP contribution in [0.15, 0.2) is 65.8 Å². The van der Waals surface area contributed by atoms with Gasteiger partial charge in [-0.2, -0.15) is 13.2 Å². The van der Waals surface area contributed by atoms with Crippen LogP contribution < -0.4 is 28.3 Å². The van der Waals surface area contributed by atoms with Crippen LogP contribution in [-0.4, -0.2) is 79.0 Å². The summed E-state index contributed by atoms with van der Waals surface area (Å²) in [6.45, 7) is 2.93. The van der Waals surface area contributed by atoms with Gasteiger partial charge < -0.3 is 32.7 Å². The number of likely N-dealkylation sites (N-methyl/N-ethyl adjacent to an activating group) is 1. The van der Waals surface area contributed by atoms with E-state index in [4.69, 9.17) is 22.9 Å². The molecular formula is C31H42F3N8O2+. The first-order valence-electron chi connectivity index (χ1n) is 14.5. The third kappa shape index (κ3) is 10.6. The van der Waals surface area contributed by atoms with Gasteiger partial charge in [0.05, 0.1) is 56.4 Å². The Bertz CT molecular complexity index is 1430.